The summed E-state index contributed by atoms with van der Waals surface area (Å²) < 4.78 is 23.6. The summed E-state index contributed by atoms with van der Waals surface area (Å²) in [4.78, 5) is 0. The summed E-state index contributed by atoms with van der Waals surface area (Å²) in [5.74, 6) is 0.584. The highest BCUT2D eigenvalue weighted by molar-refractivity contribution is 5.30. The lowest BCUT2D eigenvalue weighted by Gasteiger charge is -2.12. The lowest BCUT2D eigenvalue weighted by Crippen LogP contribution is -2.14. The van der Waals surface area contributed by atoms with E-state index >= 15 is 0 Å². The fraction of sp³-hybridized carbons (Fsp3) is 0.294. The number of hydrogen-bond donors (Lipinski definition) is 1. The number of methoxy groups -OCH3 is 2. The zero-order valence-electron chi connectivity index (χ0n) is 12.2. The molecule has 0 heterocycles. The Bertz CT molecular complexity index is 581. The van der Waals surface area contributed by atoms with Gasteiger partial charge in [0.25, 0.3) is 0 Å². The molecule has 2 rings (SSSR count). The molecule has 3 nitrogen and oxygen atoms in total. The summed E-state index contributed by atoms with van der Waals surface area (Å²) in [6.45, 7) is 0. The lowest BCUT2D eigenvalue weighted by molar-refractivity contribution is 0.175. The smallest absolute Gasteiger partial charge is 0.165 e. The molecule has 0 fully saturated rings. The van der Waals surface area contributed by atoms with E-state index in [-0.39, 0.29) is 5.75 Å². The van der Waals surface area contributed by atoms with Gasteiger partial charge in [-0.05, 0) is 48.2 Å². The second-order valence-electron chi connectivity index (χ2n) is 4.88. The summed E-state index contributed by atoms with van der Waals surface area (Å²) in [7, 11) is 3.04. The number of hydrogen-bond acceptors (Lipinski definition) is 3. The van der Waals surface area contributed by atoms with E-state index in [0.717, 1.165) is 16.9 Å². The van der Waals surface area contributed by atoms with E-state index in [9.17, 15) is 9.50 Å². The minimum Gasteiger partial charge on any atom is -0.497 e. The van der Waals surface area contributed by atoms with Crippen LogP contribution in [0.25, 0.3) is 0 Å². The maximum absolute atomic E-state index is 13.6. The van der Waals surface area contributed by atoms with E-state index in [1.165, 1.54) is 13.2 Å². The van der Waals surface area contributed by atoms with Crippen molar-refractivity contribution in [2.75, 3.05) is 14.2 Å². The van der Waals surface area contributed by atoms with E-state index in [2.05, 4.69) is 0 Å². The Balaban J connectivity index is 1.97. The van der Waals surface area contributed by atoms with Crippen LogP contribution in [0.3, 0.4) is 0 Å². The molecule has 0 radical (unpaired) electrons. The predicted molar refractivity (Wildman–Crippen MR) is 79.4 cm³/mol. The zero-order chi connectivity index (χ0) is 15.2. The van der Waals surface area contributed by atoms with Crippen molar-refractivity contribution in [3.8, 4) is 11.5 Å². The molecule has 0 saturated carbocycles. The number of ether oxygens (including phenoxy) is 2. The Morgan fingerprint density at radius 3 is 2.14 bits per heavy atom. The summed E-state index contributed by atoms with van der Waals surface area (Å²) in [6.07, 6.45) is 0.344. The third kappa shape index (κ3) is 4.20. The minimum absolute atomic E-state index is 0.211. The van der Waals surface area contributed by atoms with Crippen molar-refractivity contribution in [1.82, 2.24) is 0 Å². The number of benzene rings is 2. The molecular weight excluding hydrogens is 271 g/mol. The molecular formula is C17H19FO3. The Hall–Kier alpha value is -2.07. The molecule has 0 aromatic heterocycles. The molecule has 1 unspecified atom stereocenters. The molecule has 1 atom stereocenters. The van der Waals surface area contributed by atoms with Gasteiger partial charge in [0.05, 0.1) is 20.3 Å². The fourth-order valence-electron chi connectivity index (χ4n) is 2.21. The van der Waals surface area contributed by atoms with Gasteiger partial charge in [-0.2, -0.15) is 0 Å². The summed E-state index contributed by atoms with van der Waals surface area (Å²) in [6, 6.07) is 12.3. The van der Waals surface area contributed by atoms with Crippen LogP contribution in [0.4, 0.5) is 4.39 Å². The summed E-state index contributed by atoms with van der Waals surface area (Å²) >= 11 is 0. The molecule has 2 aromatic rings. The quantitative estimate of drug-likeness (QED) is 0.889. The van der Waals surface area contributed by atoms with E-state index in [1.807, 2.05) is 24.3 Å². The van der Waals surface area contributed by atoms with Gasteiger partial charge in [0, 0.05) is 0 Å². The molecule has 0 aliphatic carbocycles. The van der Waals surface area contributed by atoms with E-state index in [4.69, 9.17) is 9.47 Å². The highest BCUT2D eigenvalue weighted by atomic mass is 19.1. The average Bonchev–Trinajstić information content (AvgIpc) is 2.48. The molecule has 0 aliphatic rings. The van der Waals surface area contributed by atoms with E-state index in [0.29, 0.717) is 12.8 Å². The topological polar surface area (TPSA) is 38.7 Å². The second-order valence-corrected chi connectivity index (χ2v) is 4.88. The Morgan fingerprint density at radius 2 is 1.57 bits per heavy atom. The third-order valence-electron chi connectivity index (χ3n) is 3.32. The van der Waals surface area contributed by atoms with Crippen molar-refractivity contribution in [2.45, 2.75) is 18.9 Å². The van der Waals surface area contributed by atoms with Crippen molar-refractivity contribution in [3.63, 3.8) is 0 Å². The Morgan fingerprint density at radius 1 is 0.952 bits per heavy atom. The minimum atomic E-state index is -0.564. The Kier molecular flexibility index (Phi) is 5.17. The molecule has 2 aromatic carbocycles. The SMILES string of the molecule is COc1ccc(CC(O)Cc2ccc(OC)c(F)c2)cc1. The lowest BCUT2D eigenvalue weighted by atomic mass is 10.0. The van der Waals surface area contributed by atoms with Crippen LogP contribution in [0.1, 0.15) is 11.1 Å². The van der Waals surface area contributed by atoms with Crippen LogP contribution >= 0.6 is 0 Å². The highest BCUT2D eigenvalue weighted by Crippen LogP contribution is 2.19. The Labute approximate surface area is 124 Å². The highest BCUT2D eigenvalue weighted by Gasteiger charge is 2.10. The third-order valence-corrected chi connectivity index (χ3v) is 3.32. The average molecular weight is 290 g/mol. The maximum atomic E-state index is 13.6. The van der Waals surface area contributed by atoms with Crippen LogP contribution in [0.15, 0.2) is 42.5 Å². The number of aliphatic hydroxyl groups excluding tert-OH is 1. The monoisotopic (exact) mass is 290 g/mol. The maximum Gasteiger partial charge on any atom is 0.165 e. The summed E-state index contributed by atoms with van der Waals surface area (Å²) in [5, 5.41) is 10.1. The van der Waals surface area contributed by atoms with Crippen LogP contribution in [0.5, 0.6) is 11.5 Å². The van der Waals surface area contributed by atoms with E-state index < -0.39 is 11.9 Å². The standard InChI is InChI=1S/C17H19FO3/c1-20-15-6-3-12(4-7-15)9-14(19)10-13-5-8-17(21-2)16(18)11-13/h3-8,11,14,19H,9-10H2,1-2H3. The molecule has 0 aliphatic heterocycles. The van der Waals surface area contributed by atoms with Crippen molar-refractivity contribution >= 4 is 0 Å². The van der Waals surface area contributed by atoms with Gasteiger partial charge in [0.1, 0.15) is 5.75 Å². The molecule has 0 amide bonds. The van der Waals surface area contributed by atoms with Crippen LogP contribution in [0.2, 0.25) is 0 Å². The van der Waals surface area contributed by atoms with Gasteiger partial charge in [-0.25, -0.2) is 4.39 Å². The molecule has 4 heteroatoms. The van der Waals surface area contributed by atoms with Crippen LogP contribution < -0.4 is 9.47 Å². The van der Waals surface area contributed by atoms with Crippen LogP contribution in [-0.2, 0) is 12.8 Å². The van der Waals surface area contributed by atoms with Crippen LogP contribution in [0, 0.1) is 5.82 Å². The van der Waals surface area contributed by atoms with Gasteiger partial charge < -0.3 is 14.6 Å². The number of halogens is 1. The van der Waals surface area contributed by atoms with Crippen molar-refractivity contribution < 1.29 is 19.0 Å². The number of rotatable bonds is 6. The normalized spacial score (nSPS) is 12.0. The van der Waals surface area contributed by atoms with Gasteiger partial charge in [-0.3, -0.25) is 0 Å². The first-order chi connectivity index (χ1) is 10.1. The van der Waals surface area contributed by atoms with Crippen LogP contribution in [-0.4, -0.2) is 25.4 Å². The van der Waals surface area contributed by atoms with Gasteiger partial charge in [0.2, 0.25) is 0 Å². The fourth-order valence-corrected chi connectivity index (χ4v) is 2.21. The number of aliphatic hydroxyl groups is 1. The molecule has 21 heavy (non-hydrogen) atoms. The largest absolute Gasteiger partial charge is 0.497 e. The van der Waals surface area contributed by atoms with E-state index in [1.54, 1.807) is 19.2 Å². The van der Waals surface area contributed by atoms with Gasteiger partial charge >= 0.3 is 0 Å². The van der Waals surface area contributed by atoms with Gasteiger partial charge in [0.15, 0.2) is 11.6 Å². The molecule has 0 saturated heterocycles. The van der Waals surface area contributed by atoms with Gasteiger partial charge in [-0.1, -0.05) is 18.2 Å². The molecule has 1 N–H and O–H groups in total. The van der Waals surface area contributed by atoms with Crippen molar-refractivity contribution in [2.24, 2.45) is 0 Å². The first kappa shape index (κ1) is 15.3. The summed E-state index contributed by atoms with van der Waals surface area (Å²) in [5.41, 5.74) is 1.76. The van der Waals surface area contributed by atoms with Crippen molar-refractivity contribution in [1.29, 1.82) is 0 Å². The first-order valence-corrected chi connectivity index (χ1v) is 6.75. The second kappa shape index (κ2) is 7.09. The van der Waals surface area contributed by atoms with Crippen molar-refractivity contribution in [3.05, 3.63) is 59.4 Å². The van der Waals surface area contributed by atoms with Gasteiger partial charge in [-0.15, -0.1) is 0 Å². The first-order valence-electron chi connectivity index (χ1n) is 6.75. The molecule has 0 spiro atoms. The zero-order valence-corrected chi connectivity index (χ0v) is 12.2. The predicted octanol–water partition coefficient (Wildman–Crippen LogP) is 2.99. The molecule has 112 valence electrons. The molecule has 0 bridgehead atoms.